The Balaban J connectivity index is 1.66. The van der Waals surface area contributed by atoms with E-state index in [1.807, 2.05) is 0 Å². The molecular formula is C18H19F5N4O3S. The highest BCUT2D eigenvalue weighted by atomic mass is 32.2. The Kier molecular flexibility index (Phi) is 5.03. The van der Waals surface area contributed by atoms with Crippen molar-refractivity contribution in [2.45, 2.75) is 50.0 Å². The van der Waals surface area contributed by atoms with Crippen molar-refractivity contribution in [3.05, 3.63) is 52.9 Å². The number of ether oxygens (including phenoxy) is 1. The first-order valence-electron chi connectivity index (χ1n) is 9.66. The van der Waals surface area contributed by atoms with E-state index in [1.54, 1.807) is 0 Å². The average molecular weight is 467 g/mol. The quantitative estimate of drug-likeness (QED) is 0.696. The Hall–Kier alpha value is -2.09. The van der Waals surface area contributed by atoms with Crippen LogP contribution >= 0.6 is 0 Å². The third-order valence-corrected chi connectivity index (χ3v) is 6.15. The van der Waals surface area contributed by atoms with Crippen molar-refractivity contribution in [2.75, 3.05) is 6.26 Å². The smallest absolute Gasteiger partial charge is 0.357 e. The SMILES string of the molecule is [2H][C@@]1(N2Cc3cn(S(C)(=O)=O)nc3C2)C[C@H](N)[C@@H](c2cc(F)ccc2F)O[C@@H]1C(F)(F)F. The van der Waals surface area contributed by atoms with Crippen LogP contribution in [0.5, 0.6) is 0 Å². The molecule has 4 rings (SSSR count). The monoisotopic (exact) mass is 467 g/mol. The fraction of sp³-hybridized carbons (Fsp3) is 0.500. The highest BCUT2D eigenvalue weighted by Gasteiger charge is 2.54. The lowest BCUT2D eigenvalue weighted by atomic mass is 9.89. The summed E-state index contributed by atoms with van der Waals surface area (Å²) in [5.74, 6) is -1.84. The lowest BCUT2D eigenvalue weighted by molar-refractivity contribution is -0.269. The number of halogens is 5. The van der Waals surface area contributed by atoms with Gasteiger partial charge >= 0.3 is 6.18 Å². The van der Waals surface area contributed by atoms with E-state index < -0.39 is 64.1 Å². The molecule has 31 heavy (non-hydrogen) atoms. The van der Waals surface area contributed by atoms with E-state index in [9.17, 15) is 30.4 Å². The molecule has 4 atom stereocenters. The number of nitrogens with zero attached hydrogens (tertiary/aromatic N) is 3. The van der Waals surface area contributed by atoms with Gasteiger partial charge < -0.3 is 10.5 Å². The van der Waals surface area contributed by atoms with Gasteiger partial charge in [0.25, 0.3) is 10.0 Å². The summed E-state index contributed by atoms with van der Waals surface area (Å²) in [5, 5.41) is 3.89. The minimum absolute atomic E-state index is 0.185. The molecule has 0 saturated carbocycles. The molecule has 0 bridgehead atoms. The second kappa shape index (κ2) is 7.50. The number of aromatic nitrogens is 2. The zero-order chi connectivity index (χ0) is 23.6. The van der Waals surface area contributed by atoms with E-state index in [1.165, 1.54) is 6.20 Å². The molecule has 13 heteroatoms. The van der Waals surface area contributed by atoms with Crippen molar-refractivity contribution < 1.29 is 36.5 Å². The largest absolute Gasteiger partial charge is 0.416 e. The Morgan fingerprint density at radius 3 is 2.61 bits per heavy atom. The summed E-state index contributed by atoms with van der Waals surface area (Å²) in [7, 11) is -3.68. The van der Waals surface area contributed by atoms with Crippen LogP contribution < -0.4 is 5.73 Å². The van der Waals surface area contributed by atoms with E-state index in [2.05, 4.69) is 5.10 Å². The van der Waals surface area contributed by atoms with E-state index in [-0.39, 0.29) is 18.8 Å². The lowest BCUT2D eigenvalue weighted by Gasteiger charge is -2.44. The van der Waals surface area contributed by atoms with Crippen LogP contribution in [0.3, 0.4) is 0 Å². The van der Waals surface area contributed by atoms with Crippen LogP contribution in [0, 0.1) is 11.6 Å². The first kappa shape index (κ1) is 20.8. The fourth-order valence-corrected chi connectivity index (χ4v) is 4.45. The molecule has 3 heterocycles. The Labute approximate surface area is 176 Å². The molecule has 0 spiro atoms. The van der Waals surface area contributed by atoms with Crippen molar-refractivity contribution in [3.8, 4) is 0 Å². The molecule has 2 aliphatic heterocycles. The number of rotatable bonds is 3. The Bertz CT molecular complexity index is 1130. The van der Waals surface area contributed by atoms with Crippen molar-refractivity contribution in [3.63, 3.8) is 0 Å². The highest BCUT2D eigenvalue weighted by Crippen LogP contribution is 2.42. The normalized spacial score (nSPS) is 30.3. The maximum Gasteiger partial charge on any atom is 0.416 e. The minimum atomic E-state index is -5.02. The predicted molar refractivity (Wildman–Crippen MR) is 98.1 cm³/mol. The summed E-state index contributed by atoms with van der Waals surface area (Å²) < 4.78 is 108. The van der Waals surface area contributed by atoms with Crippen LogP contribution in [0.1, 0.15) is 30.7 Å². The van der Waals surface area contributed by atoms with E-state index in [0.29, 0.717) is 5.56 Å². The number of alkyl halides is 3. The van der Waals surface area contributed by atoms with Gasteiger partial charge in [0.15, 0.2) is 6.10 Å². The van der Waals surface area contributed by atoms with Crippen LogP contribution in [0.2, 0.25) is 0 Å². The van der Waals surface area contributed by atoms with Crippen LogP contribution in [-0.4, -0.2) is 53.1 Å². The summed E-state index contributed by atoms with van der Waals surface area (Å²) in [5.41, 5.74) is 6.13. The highest BCUT2D eigenvalue weighted by molar-refractivity contribution is 7.89. The maximum atomic E-state index is 14.2. The Morgan fingerprint density at radius 2 is 2.00 bits per heavy atom. The molecule has 0 unspecified atom stereocenters. The van der Waals surface area contributed by atoms with Gasteiger partial charge in [-0.1, -0.05) is 0 Å². The second-order valence-corrected chi connectivity index (χ2v) is 9.44. The maximum absolute atomic E-state index is 14.2. The fourth-order valence-electron chi connectivity index (χ4n) is 3.88. The second-order valence-electron chi connectivity index (χ2n) is 7.60. The lowest BCUT2D eigenvalue weighted by Crippen LogP contribution is -2.58. The van der Waals surface area contributed by atoms with Crippen LogP contribution in [0.25, 0.3) is 0 Å². The predicted octanol–water partition coefficient (Wildman–Crippen LogP) is 2.07. The summed E-state index contributed by atoms with van der Waals surface area (Å²) in [6.45, 7) is -0.418. The van der Waals surface area contributed by atoms with Gasteiger partial charge in [-0.15, -0.1) is 0 Å². The number of hydrogen-bond acceptors (Lipinski definition) is 6. The van der Waals surface area contributed by atoms with E-state index >= 15 is 0 Å². The van der Waals surface area contributed by atoms with Gasteiger partial charge in [0.2, 0.25) is 0 Å². The number of benzene rings is 1. The third-order valence-electron chi connectivity index (χ3n) is 5.28. The number of fused-ring (bicyclic) bond motifs is 1. The average Bonchev–Trinajstić information content (AvgIpc) is 3.22. The molecule has 2 aliphatic rings. The minimum Gasteiger partial charge on any atom is -0.357 e. The van der Waals surface area contributed by atoms with Gasteiger partial charge in [-0.05, 0) is 24.6 Å². The molecule has 170 valence electrons. The Morgan fingerprint density at radius 1 is 1.29 bits per heavy atom. The standard InChI is InChI=1S/C18H19F5N4O3S/c1-31(28,29)27-7-9-6-26(8-14(9)25-27)15-5-13(24)16(30-17(15)18(21,22)23)11-4-10(19)2-3-12(11)20/h2-4,7,13,15-17H,5-6,8,24H2,1H3/t13-,15+,16+,17-/m0/s1/i15D. The van der Waals surface area contributed by atoms with E-state index in [4.69, 9.17) is 11.8 Å². The van der Waals surface area contributed by atoms with Gasteiger partial charge in [-0.3, -0.25) is 4.90 Å². The molecular weight excluding hydrogens is 447 g/mol. The van der Waals surface area contributed by atoms with Crippen molar-refractivity contribution >= 4 is 10.0 Å². The third kappa shape index (κ3) is 4.19. The summed E-state index contributed by atoms with van der Waals surface area (Å²) in [6.07, 6.45) is -7.77. The topological polar surface area (TPSA) is 90.5 Å². The van der Waals surface area contributed by atoms with Gasteiger partial charge in [-0.2, -0.15) is 22.4 Å². The number of hydrogen-bond donors (Lipinski definition) is 1. The first-order chi connectivity index (χ1) is 14.7. The molecule has 1 fully saturated rings. The zero-order valence-corrected chi connectivity index (χ0v) is 16.9. The van der Waals surface area contributed by atoms with Crippen molar-refractivity contribution in [1.82, 2.24) is 14.1 Å². The molecule has 1 aromatic carbocycles. The summed E-state index contributed by atoms with van der Waals surface area (Å²) >= 11 is 0. The molecule has 0 radical (unpaired) electrons. The van der Waals surface area contributed by atoms with Crippen LogP contribution in [-0.2, 0) is 27.8 Å². The van der Waals surface area contributed by atoms with Crippen LogP contribution in [0.15, 0.2) is 24.4 Å². The van der Waals surface area contributed by atoms with Crippen molar-refractivity contribution in [2.24, 2.45) is 5.73 Å². The molecule has 2 N–H and O–H groups in total. The van der Waals surface area contributed by atoms with Crippen molar-refractivity contribution in [1.29, 1.82) is 0 Å². The van der Waals surface area contributed by atoms with Gasteiger partial charge in [0, 0.05) is 43.8 Å². The molecule has 0 amide bonds. The number of nitrogens with two attached hydrogens (primary N) is 1. The molecule has 1 saturated heterocycles. The first-order valence-corrected chi connectivity index (χ1v) is 11.0. The van der Waals surface area contributed by atoms with Gasteiger partial charge in [-0.25, -0.2) is 17.2 Å². The zero-order valence-electron chi connectivity index (χ0n) is 17.1. The van der Waals surface area contributed by atoms with E-state index in [0.717, 1.165) is 33.4 Å². The van der Waals surface area contributed by atoms with Gasteiger partial charge in [0.1, 0.15) is 17.7 Å². The molecule has 2 aromatic rings. The summed E-state index contributed by atoms with van der Waals surface area (Å²) in [4.78, 5) is 1.15. The molecule has 0 aliphatic carbocycles. The van der Waals surface area contributed by atoms with Gasteiger partial charge in [0.05, 0.1) is 11.9 Å². The molecule has 1 aromatic heterocycles. The van der Waals surface area contributed by atoms with Crippen LogP contribution in [0.4, 0.5) is 22.0 Å². The molecule has 7 nitrogen and oxygen atoms in total. The summed E-state index contributed by atoms with van der Waals surface area (Å²) in [6, 6.07) is -1.33.